The molecule has 1 aromatic heterocycles. The molecule has 0 radical (unpaired) electrons. The smallest absolute Gasteiger partial charge is 0.205 e. The highest BCUT2D eigenvalue weighted by atomic mass is 32.1. The minimum atomic E-state index is -0.169. The molecule has 1 fully saturated rings. The van der Waals surface area contributed by atoms with Gasteiger partial charge < -0.3 is 9.80 Å². The highest BCUT2D eigenvalue weighted by Crippen LogP contribution is 2.26. The van der Waals surface area contributed by atoms with Crippen LogP contribution in [0.15, 0.2) is 24.3 Å². The Labute approximate surface area is 134 Å². The number of piperidine rings is 1. The molecule has 0 amide bonds. The molecule has 0 atom stereocenters. The summed E-state index contributed by atoms with van der Waals surface area (Å²) >= 11 is 1.48. The van der Waals surface area contributed by atoms with Crippen molar-refractivity contribution in [1.29, 1.82) is 0 Å². The lowest BCUT2D eigenvalue weighted by atomic mass is 10.0. The van der Waals surface area contributed by atoms with E-state index < -0.39 is 0 Å². The van der Waals surface area contributed by atoms with Gasteiger partial charge in [-0.25, -0.2) is 9.37 Å². The Hall–Kier alpha value is -1.69. The molecule has 1 aromatic carbocycles. The summed E-state index contributed by atoms with van der Waals surface area (Å²) in [6.45, 7) is 3.96. The molecule has 1 aliphatic rings. The SMILES string of the molecule is CCc1nsc(N(C)C2CCN(c3cccc(F)c3)CC2)n1. The molecule has 118 valence electrons. The minimum absolute atomic E-state index is 0.169. The van der Waals surface area contributed by atoms with Crippen LogP contribution in [0.4, 0.5) is 15.2 Å². The number of aryl methyl sites for hydroxylation is 1. The van der Waals surface area contributed by atoms with Crippen molar-refractivity contribution in [2.24, 2.45) is 0 Å². The topological polar surface area (TPSA) is 32.3 Å². The highest BCUT2D eigenvalue weighted by Gasteiger charge is 2.24. The van der Waals surface area contributed by atoms with Gasteiger partial charge in [-0.05, 0) is 31.0 Å². The number of aromatic nitrogens is 2. The lowest BCUT2D eigenvalue weighted by Crippen LogP contribution is -2.43. The summed E-state index contributed by atoms with van der Waals surface area (Å²) in [6, 6.07) is 7.33. The standard InChI is InChI=1S/C16H21FN4S/c1-3-15-18-16(22-19-15)20(2)13-7-9-21(10-8-13)14-6-4-5-12(17)11-14/h4-6,11,13H,3,7-10H2,1-2H3. The van der Waals surface area contributed by atoms with E-state index in [9.17, 15) is 4.39 Å². The predicted molar refractivity (Wildman–Crippen MR) is 89.3 cm³/mol. The van der Waals surface area contributed by atoms with Crippen molar-refractivity contribution in [2.45, 2.75) is 32.2 Å². The molecule has 0 unspecified atom stereocenters. The first-order valence-electron chi connectivity index (χ1n) is 7.73. The largest absolute Gasteiger partial charge is 0.371 e. The molecule has 0 saturated carbocycles. The van der Waals surface area contributed by atoms with Crippen LogP contribution in [0.5, 0.6) is 0 Å². The number of benzene rings is 1. The normalized spacial score (nSPS) is 16.0. The molecular formula is C16H21FN4S. The predicted octanol–water partition coefficient (Wildman–Crippen LogP) is 3.34. The third-order valence-electron chi connectivity index (χ3n) is 4.26. The van der Waals surface area contributed by atoms with Crippen molar-refractivity contribution in [3.8, 4) is 0 Å². The van der Waals surface area contributed by atoms with E-state index in [1.54, 1.807) is 12.1 Å². The molecule has 1 aliphatic heterocycles. The van der Waals surface area contributed by atoms with E-state index in [4.69, 9.17) is 0 Å². The average molecular weight is 320 g/mol. The van der Waals surface area contributed by atoms with E-state index in [1.807, 2.05) is 6.07 Å². The first-order valence-corrected chi connectivity index (χ1v) is 8.50. The Kier molecular flexibility index (Phi) is 4.57. The molecule has 2 heterocycles. The van der Waals surface area contributed by atoms with E-state index in [-0.39, 0.29) is 5.82 Å². The number of hydrogen-bond donors (Lipinski definition) is 0. The van der Waals surface area contributed by atoms with Gasteiger partial charge in [-0.3, -0.25) is 0 Å². The molecule has 0 spiro atoms. The molecule has 1 saturated heterocycles. The zero-order valence-corrected chi connectivity index (χ0v) is 13.8. The van der Waals surface area contributed by atoms with E-state index in [2.05, 4.69) is 33.1 Å². The van der Waals surface area contributed by atoms with Gasteiger partial charge in [-0.1, -0.05) is 13.0 Å². The van der Waals surface area contributed by atoms with Gasteiger partial charge in [0.25, 0.3) is 0 Å². The van der Waals surface area contributed by atoms with Crippen LogP contribution in [0.2, 0.25) is 0 Å². The summed E-state index contributed by atoms with van der Waals surface area (Å²) in [6.07, 6.45) is 2.98. The Bertz CT molecular complexity index is 622. The summed E-state index contributed by atoms with van der Waals surface area (Å²) < 4.78 is 17.7. The van der Waals surface area contributed by atoms with Crippen LogP contribution < -0.4 is 9.80 Å². The molecular weight excluding hydrogens is 299 g/mol. The van der Waals surface area contributed by atoms with Crippen molar-refractivity contribution < 1.29 is 4.39 Å². The molecule has 6 heteroatoms. The van der Waals surface area contributed by atoms with Crippen LogP contribution in [0, 0.1) is 5.82 Å². The number of rotatable bonds is 4. The van der Waals surface area contributed by atoms with Crippen LogP contribution in [0.3, 0.4) is 0 Å². The van der Waals surface area contributed by atoms with Crippen molar-refractivity contribution in [3.63, 3.8) is 0 Å². The zero-order valence-electron chi connectivity index (χ0n) is 13.0. The molecule has 2 aromatic rings. The molecule has 22 heavy (non-hydrogen) atoms. The average Bonchev–Trinajstić information content (AvgIpc) is 3.03. The molecule has 0 aliphatic carbocycles. The summed E-state index contributed by atoms with van der Waals surface area (Å²) in [5.74, 6) is 0.752. The van der Waals surface area contributed by atoms with Crippen LogP contribution in [-0.4, -0.2) is 35.5 Å². The minimum Gasteiger partial charge on any atom is -0.371 e. The maximum Gasteiger partial charge on any atom is 0.205 e. The maximum absolute atomic E-state index is 13.3. The van der Waals surface area contributed by atoms with Crippen LogP contribution >= 0.6 is 11.5 Å². The van der Waals surface area contributed by atoms with Crippen LogP contribution in [-0.2, 0) is 6.42 Å². The second-order valence-corrected chi connectivity index (χ2v) is 6.39. The third kappa shape index (κ3) is 3.21. The summed E-state index contributed by atoms with van der Waals surface area (Å²) in [7, 11) is 2.10. The number of nitrogens with zero attached hydrogens (tertiary/aromatic N) is 4. The van der Waals surface area contributed by atoms with Crippen molar-refractivity contribution >= 4 is 22.4 Å². The van der Waals surface area contributed by atoms with Gasteiger partial charge in [0.05, 0.1) is 0 Å². The quantitative estimate of drug-likeness (QED) is 0.865. The summed E-state index contributed by atoms with van der Waals surface area (Å²) in [4.78, 5) is 9.07. The number of hydrogen-bond acceptors (Lipinski definition) is 5. The molecule has 3 rings (SSSR count). The van der Waals surface area contributed by atoms with E-state index in [1.165, 1.54) is 17.6 Å². The lowest BCUT2D eigenvalue weighted by molar-refractivity contribution is 0.481. The van der Waals surface area contributed by atoms with Gasteiger partial charge in [-0.15, -0.1) is 0 Å². The number of halogens is 1. The fourth-order valence-electron chi connectivity index (χ4n) is 2.87. The van der Waals surface area contributed by atoms with E-state index in [0.717, 1.165) is 49.0 Å². The van der Waals surface area contributed by atoms with Crippen LogP contribution in [0.25, 0.3) is 0 Å². The molecule has 0 N–H and O–H groups in total. The van der Waals surface area contributed by atoms with E-state index >= 15 is 0 Å². The molecule has 4 nitrogen and oxygen atoms in total. The molecule has 0 bridgehead atoms. The lowest BCUT2D eigenvalue weighted by Gasteiger charge is -2.37. The van der Waals surface area contributed by atoms with Gasteiger partial charge in [0.15, 0.2) is 0 Å². The summed E-state index contributed by atoms with van der Waals surface area (Å²) in [5, 5.41) is 1.00. The Morgan fingerprint density at radius 1 is 1.36 bits per heavy atom. The van der Waals surface area contributed by atoms with Gasteiger partial charge >= 0.3 is 0 Å². The second kappa shape index (κ2) is 6.60. The third-order valence-corrected chi connectivity index (χ3v) is 5.11. The Morgan fingerprint density at radius 2 is 2.14 bits per heavy atom. The first kappa shape index (κ1) is 15.2. The summed E-state index contributed by atoms with van der Waals surface area (Å²) in [5.41, 5.74) is 0.977. The fourth-order valence-corrected chi connectivity index (χ4v) is 3.65. The first-order chi connectivity index (χ1) is 10.7. The van der Waals surface area contributed by atoms with Crippen molar-refractivity contribution in [3.05, 3.63) is 35.9 Å². The number of anilines is 2. The van der Waals surface area contributed by atoms with Gasteiger partial charge in [0.2, 0.25) is 5.13 Å². The van der Waals surface area contributed by atoms with Gasteiger partial charge in [0, 0.05) is 49.8 Å². The highest BCUT2D eigenvalue weighted by molar-refractivity contribution is 7.09. The van der Waals surface area contributed by atoms with Gasteiger partial charge in [0.1, 0.15) is 11.6 Å². The maximum atomic E-state index is 13.3. The Balaban J connectivity index is 1.61. The second-order valence-electron chi connectivity index (χ2n) is 5.66. The van der Waals surface area contributed by atoms with Gasteiger partial charge in [-0.2, -0.15) is 4.37 Å². The van der Waals surface area contributed by atoms with Crippen molar-refractivity contribution in [2.75, 3.05) is 29.9 Å². The fraction of sp³-hybridized carbons (Fsp3) is 0.500. The van der Waals surface area contributed by atoms with Crippen molar-refractivity contribution in [1.82, 2.24) is 9.36 Å². The Morgan fingerprint density at radius 3 is 2.77 bits per heavy atom. The van der Waals surface area contributed by atoms with Crippen LogP contribution in [0.1, 0.15) is 25.6 Å². The monoisotopic (exact) mass is 320 g/mol. The van der Waals surface area contributed by atoms with E-state index in [0.29, 0.717) is 6.04 Å². The zero-order chi connectivity index (χ0) is 15.5.